The number of ether oxygens (including phenoxy) is 1. The van der Waals surface area contributed by atoms with Crippen LogP contribution in [-0.2, 0) is 5.60 Å². The second-order valence-corrected chi connectivity index (χ2v) is 4.24. The van der Waals surface area contributed by atoms with Gasteiger partial charge in [-0.2, -0.15) is 0 Å². The Hall–Kier alpha value is -0.730. The van der Waals surface area contributed by atoms with E-state index in [0.717, 1.165) is 24.0 Å². The molecule has 0 amide bonds. The van der Waals surface area contributed by atoms with Crippen molar-refractivity contribution in [1.82, 2.24) is 0 Å². The molecule has 0 atom stereocenters. The van der Waals surface area contributed by atoms with Crippen LogP contribution in [0.25, 0.3) is 0 Å². The molecule has 0 heterocycles. The number of methoxy groups -OCH3 is 1. The van der Waals surface area contributed by atoms with E-state index in [2.05, 4.69) is 0 Å². The number of hydrogen-bond acceptors (Lipinski definition) is 2. The first-order chi connectivity index (χ1) is 6.57. The number of aliphatic hydroxyl groups is 1. The zero-order valence-electron chi connectivity index (χ0n) is 8.30. The zero-order valence-corrected chi connectivity index (χ0v) is 9.06. The molecular formula is C11H13ClO2. The van der Waals surface area contributed by atoms with Gasteiger partial charge >= 0.3 is 0 Å². The van der Waals surface area contributed by atoms with Gasteiger partial charge in [0.1, 0.15) is 5.75 Å². The van der Waals surface area contributed by atoms with Crippen molar-refractivity contribution in [1.29, 1.82) is 0 Å². The summed E-state index contributed by atoms with van der Waals surface area (Å²) in [7, 11) is 1.58. The highest BCUT2D eigenvalue weighted by Crippen LogP contribution is 2.48. The second-order valence-electron chi connectivity index (χ2n) is 3.83. The average Bonchev–Trinajstić information content (AvgIpc) is 2.85. The molecule has 1 aliphatic rings. The van der Waals surface area contributed by atoms with Gasteiger partial charge in [0.15, 0.2) is 0 Å². The number of hydrogen-bond donors (Lipinski definition) is 1. The maximum absolute atomic E-state index is 9.99. The maximum Gasteiger partial charge on any atom is 0.137 e. The van der Waals surface area contributed by atoms with Crippen molar-refractivity contribution in [3.8, 4) is 5.75 Å². The Bertz CT molecular complexity index is 370. The molecule has 2 nitrogen and oxygen atoms in total. The molecule has 1 aliphatic carbocycles. The van der Waals surface area contributed by atoms with Gasteiger partial charge in [0.05, 0.1) is 17.7 Å². The highest BCUT2D eigenvalue weighted by molar-refractivity contribution is 6.32. The zero-order chi connectivity index (χ0) is 10.3. The molecule has 0 saturated heterocycles. The predicted molar refractivity (Wildman–Crippen MR) is 55.9 cm³/mol. The van der Waals surface area contributed by atoms with E-state index in [1.807, 2.05) is 19.1 Å². The van der Waals surface area contributed by atoms with Crippen LogP contribution in [0.4, 0.5) is 0 Å². The van der Waals surface area contributed by atoms with Crippen molar-refractivity contribution in [2.45, 2.75) is 25.4 Å². The van der Waals surface area contributed by atoms with Gasteiger partial charge in [-0.1, -0.05) is 11.6 Å². The van der Waals surface area contributed by atoms with E-state index < -0.39 is 5.60 Å². The molecule has 0 aromatic heterocycles. The number of halogens is 1. The van der Waals surface area contributed by atoms with Gasteiger partial charge < -0.3 is 9.84 Å². The van der Waals surface area contributed by atoms with Gasteiger partial charge in [0, 0.05) is 0 Å². The van der Waals surface area contributed by atoms with Crippen LogP contribution < -0.4 is 4.74 Å². The molecule has 1 N–H and O–H groups in total. The summed E-state index contributed by atoms with van der Waals surface area (Å²) in [6.07, 6.45) is 1.66. The molecule has 1 aromatic rings. The van der Waals surface area contributed by atoms with E-state index in [1.54, 1.807) is 7.11 Å². The Labute approximate surface area is 88.5 Å². The van der Waals surface area contributed by atoms with E-state index in [-0.39, 0.29) is 0 Å². The molecule has 0 spiro atoms. The van der Waals surface area contributed by atoms with Crippen LogP contribution >= 0.6 is 11.6 Å². The lowest BCUT2D eigenvalue weighted by atomic mass is 10.0. The number of rotatable bonds is 2. The molecule has 0 unspecified atom stereocenters. The molecule has 1 aromatic carbocycles. The van der Waals surface area contributed by atoms with Crippen molar-refractivity contribution in [3.63, 3.8) is 0 Å². The number of aryl methyl sites for hydroxylation is 1. The Morgan fingerprint density at radius 3 is 2.57 bits per heavy atom. The molecule has 2 rings (SSSR count). The van der Waals surface area contributed by atoms with Gasteiger partial charge in [-0.3, -0.25) is 0 Å². The summed E-state index contributed by atoms with van der Waals surface area (Å²) in [6.45, 7) is 1.96. The maximum atomic E-state index is 9.99. The van der Waals surface area contributed by atoms with Gasteiger partial charge in [-0.15, -0.1) is 0 Å². The molecule has 14 heavy (non-hydrogen) atoms. The smallest absolute Gasteiger partial charge is 0.137 e. The minimum Gasteiger partial charge on any atom is -0.495 e. The summed E-state index contributed by atoms with van der Waals surface area (Å²) in [5.41, 5.74) is 1.34. The Morgan fingerprint density at radius 2 is 2.07 bits per heavy atom. The lowest BCUT2D eigenvalue weighted by molar-refractivity contribution is 0.150. The van der Waals surface area contributed by atoms with Gasteiger partial charge in [0.2, 0.25) is 0 Å². The van der Waals surface area contributed by atoms with E-state index in [1.165, 1.54) is 0 Å². The van der Waals surface area contributed by atoms with Gasteiger partial charge in [-0.05, 0) is 43.0 Å². The molecule has 0 bridgehead atoms. The third kappa shape index (κ3) is 1.49. The van der Waals surface area contributed by atoms with Crippen molar-refractivity contribution in [2.24, 2.45) is 0 Å². The van der Waals surface area contributed by atoms with Crippen LogP contribution in [0.1, 0.15) is 24.0 Å². The largest absolute Gasteiger partial charge is 0.495 e. The molecule has 1 saturated carbocycles. The van der Waals surface area contributed by atoms with E-state index >= 15 is 0 Å². The molecule has 0 aliphatic heterocycles. The molecule has 0 radical (unpaired) electrons. The van der Waals surface area contributed by atoms with Crippen LogP contribution in [0.3, 0.4) is 0 Å². The fourth-order valence-electron chi connectivity index (χ4n) is 1.70. The second kappa shape index (κ2) is 3.14. The third-order valence-corrected chi connectivity index (χ3v) is 3.02. The molecule has 1 fully saturated rings. The lowest BCUT2D eigenvalue weighted by Crippen LogP contribution is -2.07. The summed E-state index contributed by atoms with van der Waals surface area (Å²) >= 11 is 5.97. The average molecular weight is 213 g/mol. The van der Waals surface area contributed by atoms with Crippen LogP contribution in [0, 0.1) is 6.92 Å². The molecule has 3 heteroatoms. The summed E-state index contributed by atoms with van der Waals surface area (Å²) < 4.78 is 5.12. The summed E-state index contributed by atoms with van der Waals surface area (Å²) in [5, 5.41) is 10.6. The molecule has 76 valence electrons. The number of benzene rings is 1. The standard InChI is InChI=1S/C11H13ClO2/c1-7-5-9(12)10(14-2)6-8(7)11(13)3-4-11/h5-6,13H,3-4H2,1-2H3. The fourth-order valence-corrected chi connectivity index (χ4v) is 1.99. The quantitative estimate of drug-likeness (QED) is 0.817. The third-order valence-electron chi connectivity index (χ3n) is 2.72. The fraction of sp³-hybridized carbons (Fsp3) is 0.455. The first kappa shape index (κ1) is 9.81. The summed E-state index contributed by atoms with van der Waals surface area (Å²) in [5.74, 6) is 0.632. The van der Waals surface area contributed by atoms with Crippen molar-refractivity contribution in [2.75, 3.05) is 7.11 Å². The Kier molecular flexibility index (Phi) is 2.20. The van der Waals surface area contributed by atoms with Gasteiger partial charge in [-0.25, -0.2) is 0 Å². The van der Waals surface area contributed by atoms with Crippen LogP contribution in [0.15, 0.2) is 12.1 Å². The minimum absolute atomic E-state index is 0.595. The Morgan fingerprint density at radius 1 is 1.43 bits per heavy atom. The van der Waals surface area contributed by atoms with E-state index in [4.69, 9.17) is 16.3 Å². The van der Waals surface area contributed by atoms with Crippen molar-refractivity contribution < 1.29 is 9.84 Å². The first-order valence-corrected chi connectivity index (χ1v) is 5.01. The highest BCUT2D eigenvalue weighted by Gasteiger charge is 2.43. The van der Waals surface area contributed by atoms with E-state index in [0.29, 0.717) is 10.8 Å². The summed E-state index contributed by atoms with van der Waals surface area (Å²) in [6, 6.07) is 3.68. The van der Waals surface area contributed by atoms with Crippen LogP contribution in [0.2, 0.25) is 5.02 Å². The SMILES string of the molecule is COc1cc(C2(O)CC2)c(C)cc1Cl. The van der Waals surface area contributed by atoms with E-state index in [9.17, 15) is 5.11 Å². The monoisotopic (exact) mass is 212 g/mol. The van der Waals surface area contributed by atoms with Crippen molar-refractivity contribution >= 4 is 11.6 Å². The first-order valence-electron chi connectivity index (χ1n) is 4.64. The topological polar surface area (TPSA) is 29.5 Å². The minimum atomic E-state index is -0.623. The lowest BCUT2D eigenvalue weighted by Gasteiger charge is -2.14. The van der Waals surface area contributed by atoms with Crippen LogP contribution in [-0.4, -0.2) is 12.2 Å². The predicted octanol–water partition coefficient (Wildman–Crippen LogP) is 2.64. The molecular weight excluding hydrogens is 200 g/mol. The highest BCUT2D eigenvalue weighted by atomic mass is 35.5. The summed E-state index contributed by atoms with van der Waals surface area (Å²) in [4.78, 5) is 0. The van der Waals surface area contributed by atoms with Gasteiger partial charge in [0.25, 0.3) is 0 Å². The normalized spacial score (nSPS) is 18.0. The van der Waals surface area contributed by atoms with Crippen molar-refractivity contribution in [3.05, 3.63) is 28.3 Å². The van der Waals surface area contributed by atoms with Crippen LogP contribution in [0.5, 0.6) is 5.75 Å². The Balaban J connectivity index is 2.50.